The highest BCUT2D eigenvalue weighted by Gasteiger charge is 2.52. The van der Waals surface area contributed by atoms with Crippen molar-refractivity contribution < 1.29 is 18.8 Å². The maximum atomic E-state index is 14.3. The van der Waals surface area contributed by atoms with E-state index in [4.69, 9.17) is 9.31 Å². The molecule has 0 aromatic heterocycles. The standard InChI is InChI=1S/C14H20BFO3/c1-9-6-10(8-17)12(16)11(7-9)15-18-13(2,3)14(4,5)19-15/h6-7,17H,8H2,1-5H3. The van der Waals surface area contributed by atoms with Gasteiger partial charge in [-0.1, -0.05) is 17.7 Å². The van der Waals surface area contributed by atoms with Gasteiger partial charge in [-0.2, -0.15) is 0 Å². The quantitative estimate of drug-likeness (QED) is 0.831. The molecule has 1 fully saturated rings. The number of aryl methyl sites for hydroxylation is 1. The average Bonchev–Trinajstić information content (AvgIpc) is 2.50. The smallest absolute Gasteiger partial charge is 0.399 e. The molecule has 104 valence electrons. The van der Waals surface area contributed by atoms with E-state index < -0.39 is 24.1 Å². The van der Waals surface area contributed by atoms with Gasteiger partial charge in [-0.15, -0.1) is 0 Å². The fourth-order valence-corrected chi connectivity index (χ4v) is 2.13. The molecule has 19 heavy (non-hydrogen) atoms. The van der Waals surface area contributed by atoms with E-state index in [2.05, 4.69) is 0 Å². The van der Waals surface area contributed by atoms with Crippen molar-refractivity contribution in [1.29, 1.82) is 0 Å². The zero-order valence-corrected chi connectivity index (χ0v) is 12.1. The highest BCUT2D eigenvalue weighted by atomic mass is 19.1. The molecule has 0 aliphatic carbocycles. The molecule has 1 N–H and O–H groups in total. The van der Waals surface area contributed by atoms with Crippen molar-refractivity contribution in [3.63, 3.8) is 0 Å². The summed E-state index contributed by atoms with van der Waals surface area (Å²) in [5.74, 6) is -0.452. The topological polar surface area (TPSA) is 38.7 Å². The molecule has 1 saturated heterocycles. The lowest BCUT2D eigenvalue weighted by Crippen LogP contribution is -2.41. The first-order valence-electron chi connectivity index (χ1n) is 6.43. The second-order valence-corrected chi connectivity index (χ2v) is 6.07. The minimum atomic E-state index is -0.741. The molecule has 0 spiro atoms. The summed E-state index contributed by atoms with van der Waals surface area (Å²) >= 11 is 0. The lowest BCUT2D eigenvalue weighted by Gasteiger charge is -2.32. The van der Waals surface area contributed by atoms with Crippen LogP contribution in [0.3, 0.4) is 0 Å². The number of aliphatic hydroxyl groups excluding tert-OH is 1. The van der Waals surface area contributed by atoms with Crippen molar-refractivity contribution in [3.8, 4) is 0 Å². The van der Waals surface area contributed by atoms with Gasteiger partial charge in [0.25, 0.3) is 0 Å². The molecule has 1 aliphatic heterocycles. The molecule has 1 aromatic carbocycles. The molecule has 3 nitrogen and oxygen atoms in total. The summed E-state index contributed by atoms with van der Waals surface area (Å²) in [7, 11) is -0.741. The molecule has 0 saturated carbocycles. The lowest BCUT2D eigenvalue weighted by molar-refractivity contribution is 0.00578. The summed E-state index contributed by atoms with van der Waals surface area (Å²) in [5.41, 5.74) is 0.475. The van der Waals surface area contributed by atoms with Crippen molar-refractivity contribution >= 4 is 12.6 Å². The van der Waals surface area contributed by atoms with Gasteiger partial charge in [-0.25, -0.2) is 4.39 Å². The molecule has 1 aromatic rings. The van der Waals surface area contributed by atoms with Crippen LogP contribution in [-0.2, 0) is 15.9 Å². The lowest BCUT2D eigenvalue weighted by atomic mass is 9.77. The Kier molecular flexibility index (Phi) is 3.50. The zero-order chi connectivity index (χ0) is 14.4. The van der Waals surface area contributed by atoms with Crippen LogP contribution in [0, 0.1) is 12.7 Å². The van der Waals surface area contributed by atoms with Crippen LogP contribution in [0.5, 0.6) is 0 Å². The van der Waals surface area contributed by atoms with Gasteiger partial charge in [0.2, 0.25) is 0 Å². The molecule has 0 atom stereocenters. The molecular formula is C14H20BFO3. The minimum absolute atomic E-state index is 0.268. The predicted octanol–water partition coefficient (Wildman–Crippen LogP) is 1.93. The molecule has 0 bridgehead atoms. The van der Waals surface area contributed by atoms with Crippen LogP contribution in [-0.4, -0.2) is 23.4 Å². The Labute approximate surface area is 113 Å². The molecule has 0 radical (unpaired) electrons. The van der Waals surface area contributed by atoms with Crippen molar-refractivity contribution in [2.75, 3.05) is 0 Å². The monoisotopic (exact) mass is 266 g/mol. The van der Waals surface area contributed by atoms with Crippen LogP contribution in [0.25, 0.3) is 0 Å². The van der Waals surface area contributed by atoms with E-state index in [1.54, 1.807) is 12.1 Å². The second-order valence-electron chi connectivity index (χ2n) is 6.07. The summed E-state index contributed by atoms with van der Waals surface area (Å²) in [6.07, 6.45) is 0. The molecule has 2 rings (SSSR count). The van der Waals surface area contributed by atoms with Crippen LogP contribution < -0.4 is 5.46 Å². The van der Waals surface area contributed by atoms with Gasteiger partial charge in [0.15, 0.2) is 0 Å². The summed E-state index contributed by atoms with van der Waals surface area (Å²) in [6, 6.07) is 3.33. The van der Waals surface area contributed by atoms with Crippen LogP contribution in [0.2, 0.25) is 0 Å². The molecule has 5 heteroatoms. The van der Waals surface area contributed by atoms with Gasteiger partial charge in [-0.05, 0) is 34.6 Å². The van der Waals surface area contributed by atoms with E-state index in [9.17, 15) is 9.50 Å². The summed E-state index contributed by atoms with van der Waals surface area (Å²) in [5, 5.41) is 9.19. The van der Waals surface area contributed by atoms with E-state index in [0.717, 1.165) is 5.56 Å². The third-order valence-corrected chi connectivity index (χ3v) is 4.00. The summed E-state index contributed by atoms with van der Waals surface area (Å²) < 4.78 is 26.0. The van der Waals surface area contributed by atoms with Crippen LogP contribution in [0.15, 0.2) is 12.1 Å². The van der Waals surface area contributed by atoms with E-state index in [1.807, 2.05) is 34.6 Å². The Hall–Kier alpha value is -0.905. The highest BCUT2D eigenvalue weighted by molar-refractivity contribution is 6.62. The van der Waals surface area contributed by atoms with Crippen molar-refractivity contribution in [1.82, 2.24) is 0 Å². The Balaban J connectivity index is 2.42. The van der Waals surface area contributed by atoms with Crippen molar-refractivity contribution in [3.05, 3.63) is 29.1 Å². The fourth-order valence-electron chi connectivity index (χ4n) is 2.13. The number of aliphatic hydroxyl groups is 1. The van der Waals surface area contributed by atoms with Crippen LogP contribution >= 0.6 is 0 Å². The Morgan fingerprint density at radius 2 is 1.68 bits per heavy atom. The second kappa shape index (κ2) is 4.58. The maximum Gasteiger partial charge on any atom is 0.497 e. The van der Waals surface area contributed by atoms with Gasteiger partial charge in [0.05, 0.1) is 17.8 Å². The van der Waals surface area contributed by atoms with E-state index in [0.29, 0.717) is 5.46 Å². The van der Waals surface area contributed by atoms with Crippen molar-refractivity contribution in [2.24, 2.45) is 0 Å². The van der Waals surface area contributed by atoms with Gasteiger partial charge in [0.1, 0.15) is 5.82 Å². The Bertz CT molecular complexity index is 484. The van der Waals surface area contributed by atoms with E-state index >= 15 is 0 Å². The highest BCUT2D eigenvalue weighted by Crippen LogP contribution is 2.36. The molecule has 0 unspecified atom stereocenters. The van der Waals surface area contributed by atoms with Crippen molar-refractivity contribution in [2.45, 2.75) is 52.4 Å². The van der Waals surface area contributed by atoms with E-state index in [-0.39, 0.29) is 12.2 Å². The van der Waals surface area contributed by atoms with E-state index in [1.165, 1.54) is 0 Å². The Morgan fingerprint density at radius 3 is 2.16 bits per heavy atom. The van der Waals surface area contributed by atoms with Gasteiger partial charge >= 0.3 is 7.12 Å². The average molecular weight is 266 g/mol. The predicted molar refractivity (Wildman–Crippen MR) is 72.8 cm³/mol. The molecular weight excluding hydrogens is 246 g/mol. The SMILES string of the molecule is Cc1cc(CO)c(F)c(B2OC(C)(C)C(C)(C)O2)c1. The minimum Gasteiger partial charge on any atom is -0.399 e. The molecule has 1 aliphatic rings. The fraction of sp³-hybridized carbons (Fsp3) is 0.571. The summed E-state index contributed by atoms with van der Waals surface area (Å²) in [4.78, 5) is 0. The number of hydrogen-bond donors (Lipinski definition) is 1. The Morgan fingerprint density at radius 1 is 1.16 bits per heavy atom. The van der Waals surface area contributed by atoms with Gasteiger partial charge in [-0.3, -0.25) is 0 Å². The zero-order valence-electron chi connectivity index (χ0n) is 12.1. The maximum absolute atomic E-state index is 14.3. The number of halogens is 1. The first kappa shape index (κ1) is 14.5. The van der Waals surface area contributed by atoms with Gasteiger partial charge < -0.3 is 14.4 Å². The summed E-state index contributed by atoms with van der Waals surface area (Å²) in [6.45, 7) is 9.22. The van der Waals surface area contributed by atoms with Gasteiger partial charge in [0, 0.05) is 11.0 Å². The number of hydrogen-bond acceptors (Lipinski definition) is 3. The third-order valence-electron chi connectivity index (χ3n) is 4.00. The molecule has 1 heterocycles. The molecule has 0 amide bonds. The first-order valence-corrected chi connectivity index (χ1v) is 6.43. The third kappa shape index (κ3) is 2.42. The van der Waals surface area contributed by atoms with Crippen LogP contribution in [0.4, 0.5) is 4.39 Å². The number of rotatable bonds is 2. The normalized spacial score (nSPS) is 20.9. The van der Waals surface area contributed by atoms with Crippen LogP contribution in [0.1, 0.15) is 38.8 Å². The largest absolute Gasteiger partial charge is 0.497 e. The number of benzene rings is 1. The first-order chi connectivity index (χ1) is 8.68.